The van der Waals surface area contributed by atoms with Crippen LogP contribution < -0.4 is 14.4 Å². The van der Waals surface area contributed by atoms with Crippen LogP contribution in [-0.2, 0) is 6.54 Å². The summed E-state index contributed by atoms with van der Waals surface area (Å²) in [7, 11) is 1.63. The van der Waals surface area contributed by atoms with Gasteiger partial charge in [0, 0.05) is 29.4 Å². The molecule has 34 heavy (non-hydrogen) atoms. The van der Waals surface area contributed by atoms with E-state index in [1.807, 2.05) is 60.7 Å². The molecule has 3 aromatic rings. The zero-order valence-corrected chi connectivity index (χ0v) is 20.3. The molecule has 6 nitrogen and oxygen atoms in total. The molecule has 178 valence electrons. The molecule has 0 atom stereocenters. The lowest BCUT2D eigenvalue weighted by atomic mass is 10.1. The van der Waals surface area contributed by atoms with E-state index < -0.39 is 0 Å². The molecule has 0 radical (unpaired) electrons. The topological polar surface area (TPSA) is 54.9 Å². The van der Waals surface area contributed by atoms with Gasteiger partial charge in [0.25, 0.3) is 5.91 Å². The number of fused-ring (bicyclic) bond motifs is 1. The fourth-order valence-corrected chi connectivity index (χ4v) is 4.34. The molecule has 1 amide bonds. The summed E-state index contributed by atoms with van der Waals surface area (Å²) in [6.45, 7) is 8.50. The number of pyridine rings is 1. The van der Waals surface area contributed by atoms with Crippen LogP contribution in [0.1, 0.15) is 42.7 Å². The summed E-state index contributed by atoms with van der Waals surface area (Å²) in [6, 6.07) is 19.5. The molecular weight excluding hydrogens is 426 g/mol. The van der Waals surface area contributed by atoms with E-state index in [4.69, 9.17) is 9.47 Å². The highest BCUT2D eigenvalue weighted by atomic mass is 16.5. The number of aromatic nitrogens is 1. The molecule has 1 aliphatic rings. The van der Waals surface area contributed by atoms with Crippen LogP contribution in [0.15, 0.2) is 60.7 Å². The van der Waals surface area contributed by atoms with Crippen molar-refractivity contribution in [2.24, 2.45) is 0 Å². The summed E-state index contributed by atoms with van der Waals surface area (Å²) < 4.78 is 11.6. The SMILES string of the molecule is CCCN(CCC)CCOc1ccc(N2Cc3ccc(-c4ccccc4)nc3C2=O)cc1OC. The number of rotatable bonds is 11. The maximum absolute atomic E-state index is 13.2. The summed E-state index contributed by atoms with van der Waals surface area (Å²) in [4.78, 5) is 22.1. The van der Waals surface area contributed by atoms with Gasteiger partial charge < -0.3 is 14.4 Å². The van der Waals surface area contributed by atoms with Crippen LogP contribution in [0.25, 0.3) is 11.3 Å². The first-order valence-electron chi connectivity index (χ1n) is 12.0. The quantitative estimate of drug-likeness (QED) is 0.383. The van der Waals surface area contributed by atoms with Gasteiger partial charge >= 0.3 is 0 Å². The Bertz CT molecular complexity index is 1110. The van der Waals surface area contributed by atoms with Gasteiger partial charge in [0.05, 0.1) is 19.3 Å². The zero-order valence-electron chi connectivity index (χ0n) is 20.3. The zero-order chi connectivity index (χ0) is 23.9. The van der Waals surface area contributed by atoms with E-state index >= 15 is 0 Å². The van der Waals surface area contributed by atoms with Crippen LogP contribution in [0.3, 0.4) is 0 Å². The van der Waals surface area contributed by atoms with Crippen molar-refractivity contribution < 1.29 is 14.3 Å². The Morgan fingerprint density at radius 1 is 0.941 bits per heavy atom. The minimum Gasteiger partial charge on any atom is -0.493 e. The number of hydrogen-bond donors (Lipinski definition) is 0. The standard InChI is InChI=1S/C28H33N3O3/c1-4-15-30(16-5-2)17-18-34-25-14-12-23(19-26(25)33-3)31-20-22-11-13-24(29-27(22)28(31)32)21-9-7-6-8-10-21/h6-14,19H,4-5,15-18,20H2,1-3H3. The molecular formula is C28H33N3O3. The molecule has 4 rings (SSSR count). The Labute approximate surface area is 202 Å². The molecule has 6 heteroatoms. The second-order valence-corrected chi connectivity index (χ2v) is 8.49. The molecule has 0 saturated heterocycles. The molecule has 0 spiro atoms. The number of carbonyl (C=O) groups excluding carboxylic acids is 1. The second kappa shape index (κ2) is 11.2. The van der Waals surface area contributed by atoms with E-state index in [-0.39, 0.29) is 5.91 Å². The van der Waals surface area contributed by atoms with Gasteiger partial charge in [0.15, 0.2) is 11.5 Å². The number of carbonyl (C=O) groups is 1. The van der Waals surface area contributed by atoms with Crippen molar-refractivity contribution in [2.75, 3.05) is 38.3 Å². The molecule has 0 N–H and O–H groups in total. The summed E-state index contributed by atoms with van der Waals surface area (Å²) in [5.41, 5.74) is 4.00. The summed E-state index contributed by atoms with van der Waals surface area (Å²) >= 11 is 0. The van der Waals surface area contributed by atoms with Crippen molar-refractivity contribution in [3.05, 3.63) is 71.9 Å². The van der Waals surface area contributed by atoms with Crippen LogP contribution >= 0.6 is 0 Å². The first-order chi connectivity index (χ1) is 16.6. The summed E-state index contributed by atoms with van der Waals surface area (Å²) in [6.07, 6.45) is 2.26. The van der Waals surface area contributed by atoms with Crippen LogP contribution in [0, 0.1) is 0 Å². The Morgan fingerprint density at radius 2 is 1.71 bits per heavy atom. The fourth-order valence-electron chi connectivity index (χ4n) is 4.34. The predicted molar refractivity (Wildman–Crippen MR) is 136 cm³/mol. The highest BCUT2D eigenvalue weighted by Gasteiger charge is 2.31. The lowest BCUT2D eigenvalue weighted by molar-refractivity contribution is 0.0992. The smallest absolute Gasteiger partial charge is 0.277 e. The summed E-state index contributed by atoms with van der Waals surface area (Å²) in [5.74, 6) is 1.21. The molecule has 0 unspecified atom stereocenters. The van der Waals surface area contributed by atoms with Crippen molar-refractivity contribution in [3.8, 4) is 22.8 Å². The Kier molecular flexibility index (Phi) is 7.80. The predicted octanol–water partition coefficient (Wildman–Crippen LogP) is 5.42. The average Bonchev–Trinajstić information content (AvgIpc) is 3.20. The number of hydrogen-bond acceptors (Lipinski definition) is 5. The van der Waals surface area contributed by atoms with E-state index in [0.29, 0.717) is 30.3 Å². The largest absolute Gasteiger partial charge is 0.493 e. The molecule has 1 aliphatic heterocycles. The minimum atomic E-state index is -0.0988. The molecule has 0 saturated carbocycles. The number of benzene rings is 2. The average molecular weight is 460 g/mol. The van der Waals surface area contributed by atoms with Gasteiger partial charge in [0.2, 0.25) is 0 Å². The van der Waals surface area contributed by atoms with E-state index in [2.05, 4.69) is 23.7 Å². The molecule has 0 aliphatic carbocycles. The molecule has 2 aromatic carbocycles. The first kappa shape index (κ1) is 23.8. The van der Waals surface area contributed by atoms with Crippen molar-refractivity contribution in [3.63, 3.8) is 0 Å². The van der Waals surface area contributed by atoms with Crippen molar-refractivity contribution in [1.29, 1.82) is 0 Å². The third kappa shape index (κ3) is 5.23. The van der Waals surface area contributed by atoms with Crippen molar-refractivity contribution in [1.82, 2.24) is 9.88 Å². The van der Waals surface area contributed by atoms with Crippen LogP contribution in [0.4, 0.5) is 5.69 Å². The molecule has 1 aromatic heterocycles. The normalized spacial score (nSPS) is 12.8. The van der Waals surface area contributed by atoms with Gasteiger partial charge in [-0.2, -0.15) is 0 Å². The summed E-state index contributed by atoms with van der Waals surface area (Å²) in [5, 5.41) is 0. The van der Waals surface area contributed by atoms with E-state index in [1.165, 1.54) is 0 Å². The Morgan fingerprint density at radius 3 is 2.41 bits per heavy atom. The van der Waals surface area contributed by atoms with Gasteiger partial charge in [-0.15, -0.1) is 0 Å². The third-order valence-electron chi connectivity index (χ3n) is 6.03. The van der Waals surface area contributed by atoms with Gasteiger partial charge in [0.1, 0.15) is 12.3 Å². The highest BCUT2D eigenvalue weighted by molar-refractivity contribution is 6.09. The number of ether oxygens (including phenoxy) is 2. The number of nitrogens with zero attached hydrogens (tertiary/aromatic N) is 3. The number of methoxy groups -OCH3 is 1. The van der Waals surface area contributed by atoms with Crippen LogP contribution in [0.5, 0.6) is 11.5 Å². The van der Waals surface area contributed by atoms with E-state index in [1.54, 1.807) is 12.0 Å². The number of amides is 1. The van der Waals surface area contributed by atoms with Crippen molar-refractivity contribution in [2.45, 2.75) is 33.2 Å². The Hall–Kier alpha value is -3.38. The van der Waals surface area contributed by atoms with E-state index in [9.17, 15) is 4.79 Å². The monoisotopic (exact) mass is 459 g/mol. The fraction of sp³-hybridized carbons (Fsp3) is 0.357. The molecule has 2 heterocycles. The van der Waals surface area contributed by atoms with Gasteiger partial charge in [-0.3, -0.25) is 9.69 Å². The Balaban J connectivity index is 1.47. The minimum absolute atomic E-state index is 0.0988. The van der Waals surface area contributed by atoms with Crippen LogP contribution in [-0.4, -0.2) is 49.1 Å². The lowest BCUT2D eigenvalue weighted by Crippen LogP contribution is -2.30. The van der Waals surface area contributed by atoms with Gasteiger partial charge in [-0.25, -0.2) is 4.98 Å². The van der Waals surface area contributed by atoms with Gasteiger partial charge in [-0.05, 0) is 44.1 Å². The molecule has 0 bridgehead atoms. The maximum atomic E-state index is 13.2. The lowest BCUT2D eigenvalue weighted by Gasteiger charge is -2.22. The maximum Gasteiger partial charge on any atom is 0.277 e. The van der Waals surface area contributed by atoms with Gasteiger partial charge in [-0.1, -0.05) is 50.2 Å². The highest BCUT2D eigenvalue weighted by Crippen LogP contribution is 2.35. The molecule has 0 fully saturated rings. The second-order valence-electron chi connectivity index (χ2n) is 8.49. The number of anilines is 1. The first-order valence-corrected chi connectivity index (χ1v) is 12.0. The van der Waals surface area contributed by atoms with Crippen LogP contribution in [0.2, 0.25) is 0 Å². The van der Waals surface area contributed by atoms with E-state index in [0.717, 1.165) is 55.0 Å². The third-order valence-corrected chi connectivity index (χ3v) is 6.03. The van der Waals surface area contributed by atoms with Crippen molar-refractivity contribution >= 4 is 11.6 Å².